The van der Waals surface area contributed by atoms with E-state index in [2.05, 4.69) is 26.2 Å². The first-order chi connectivity index (χ1) is 9.88. The maximum atomic E-state index is 13.6. The molecule has 0 aliphatic heterocycles. The van der Waals surface area contributed by atoms with E-state index in [-0.39, 0.29) is 17.3 Å². The van der Waals surface area contributed by atoms with Crippen molar-refractivity contribution in [2.45, 2.75) is 6.54 Å². The monoisotopic (exact) mass is 377 g/mol. The normalized spacial score (nSPS) is 10.5. The van der Waals surface area contributed by atoms with Crippen molar-refractivity contribution in [2.75, 3.05) is 5.32 Å². The Labute approximate surface area is 131 Å². The van der Waals surface area contributed by atoms with Gasteiger partial charge in [-0.05, 0) is 22.0 Å². The van der Waals surface area contributed by atoms with Crippen LogP contribution in [-0.4, -0.2) is 9.91 Å². The van der Waals surface area contributed by atoms with Crippen molar-refractivity contribution < 1.29 is 13.7 Å². The molecule has 110 valence electrons. The molecule has 0 bridgehead atoms. The highest BCUT2D eigenvalue weighted by atomic mass is 79.9. The Hall–Kier alpha value is -1.80. The Morgan fingerprint density at radius 3 is 2.71 bits per heavy atom. The predicted molar refractivity (Wildman–Crippen MR) is 77.3 cm³/mol. The summed E-state index contributed by atoms with van der Waals surface area (Å²) < 4.78 is 27.5. The lowest BCUT2D eigenvalue weighted by atomic mass is 10.1. The van der Waals surface area contributed by atoms with Gasteiger partial charge in [0.2, 0.25) is 5.82 Å². The summed E-state index contributed by atoms with van der Waals surface area (Å²) in [6, 6.07) is 2.94. The van der Waals surface area contributed by atoms with Crippen LogP contribution in [-0.2, 0) is 6.54 Å². The third-order valence-electron chi connectivity index (χ3n) is 2.59. The highest BCUT2D eigenvalue weighted by Crippen LogP contribution is 2.25. The average molecular weight is 379 g/mol. The lowest BCUT2D eigenvalue weighted by Gasteiger charge is -2.09. The largest absolute Gasteiger partial charge is 0.378 e. The van der Waals surface area contributed by atoms with Gasteiger partial charge in [0.05, 0.1) is 10.6 Å². The van der Waals surface area contributed by atoms with Crippen molar-refractivity contribution in [2.24, 2.45) is 0 Å². The third-order valence-corrected chi connectivity index (χ3v) is 3.32. The van der Waals surface area contributed by atoms with E-state index in [0.717, 1.165) is 6.07 Å². The summed E-state index contributed by atoms with van der Waals surface area (Å²) in [6.07, 6.45) is 1.48. The lowest BCUT2D eigenvalue weighted by Crippen LogP contribution is -2.05. The van der Waals surface area contributed by atoms with Crippen LogP contribution in [0.2, 0.25) is 5.15 Å². The molecule has 2 rings (SSSR count). The zero-order chi connectivity index (χ0) is 15.6. The van der Waals surface area contributed by atoms with Crippen LogP contribution in [0.15, 0.2) is 28.9 Å². The molecular formula is C12H7BrClF2N3O2. The molecule has 9 heteroatoms. The van der Waals surface area contributed by atoms with Crippen molar-refractivity contribution >= 4 is 38.9 Å². The number of halogens is 4. The zero-order valence-corrected chi connectivity index (χ0v) is 12.6. The molecule has 0 spiro atoms. The molecule has 5 nitrogen and oxygen atoms in total. The van der Waals surface area contributed by atoms with E-state index in [0.29, 0.717) is 16.2 Å². The molecule has 0 fully saturated rings. The van der Waals surface area contributed by atoms with Crippen LogP contribution in [0.25, 0.3) is 0 Å². The molecule has 2 aromatic rings. The molecule has 0 saturated heterocycles. The summed E-state index contributed by atoms with van der Waals surface area (Å²) in [7, 11) is 0. The van der Waals surface area contributed by atoms with E-state index in [1.165, 1.54) is 6.20 Å². The van der Waals surface area contributed by atoms with Crippen LogP contribution in [0, 0.1) is 21.7 Å². The zero-order valence-electron chi connectivity index (χ0n) is 10.2. The Bertz CT molecular complexity index is 715. The van der Waals surface area contributed by atoms with Crippen molar-refractivity contribution in [3.8, 4) is 0 Å². The van der Waals surface area contributed by atoms with E-state index in [1.54, 1.807) is 6.07 Å². The van der Waals surface area contributed by atoms with E-state index in [1.807, 2.05) is 0 Å². The quantitative estimate of drug-likeness (QED) is 0.489. The number of pyridine rings is 1. The average Bonchev–Trinajstić information content (AvgIpc) is 2.41. The van der Waals surface area contributed by atoms with Gasteiger partial charge < -0.3 is 5.32 Å². The van der Waals surface area contributed by atoms with Gasteiger partial charge in [0.25, 0.3) is 0 Å². The second kappa shape index (κ2) is 6.31. The maximum Gasteiger partial charge on any atom is 0.305 e. The van der Waals surface area contributed by atoms with E-state index >= 15 is 0 Å². The van der Waals surface area contributed by atoms with Crippen LogP contribution in [0.5, 0.6) is 0 Å². The number of aromatic nitrogens is 1. The molecule has 0 aliphatic carbocycles. The fourth-order valence-corrected chi connectivity index (χ4v) is 2.09. The summed E-state index contributed by atoms with van der Waals surface area (Å²) in [5.41, 5.74) is -0.428. The SMILES string of the molecule is O=[N+]([O-])c1cc(CNc2cc(Br)cnc2Cl)c(F)cc1F. The van der Waals surface area contributed by atoms with Gasteiger partial charge >= 0.3 is 5.69 Å². The first kappa shape index (κ1) is 15.6. The lowest BCUT2D eigenvalue weighted by molar-refractivity contribution is -0.387. The Morgan fingerprint density at radius 2 is 2.05 bits per heavy atom. The van der Waals surface area contributed by atoms with Gasteiger partial charge in [-0.2, -0.15) is 4.39 Å². The number of hydrogen-bond acceptors (Lipinski definition) is 4. The van der Waals surface area contributed by atoms with Crippen LogP contribution in [0.3, 0.4) is 0 Å². The van der Waals surface area contributed by atoms with Gasteiger partial charge in [0, 0.05) is 34.9 Å². The molecule has 0 atom stereocenters. The molecule has 1 N–H and O–H groups in total. The topological polar surface area (TPSA) is 68.1 Å². The Morgan fingerprint density at radius 1 is 1.33 bits per heavy atom. The van der Waals surface area contributed by atoms with Gasteiger partial charge in [0.15, 0.2) is 5.15 Å². The molecule has 0 radical (unpaired) electrons. The number of hydrogen-bond donors (Lipinski definition) is 1. The van der Waals surface area contributed by atoms with Gasteiger partial charge in [-0.25, -0.2) is 9.37 Å². The van der Waals surface area contributed by atoms with E-state index in [4.69, 9.17) is 11.6 Å². The second-order valence-corrected chi connectivity index (χ2v) is 5.27. The molecular weight excluding hydrogens is 372 g/mol. The van der Waals surface area contributed by atoms with Gasteiger partial charge in [-0.15, -0.1) is 0 Å². The van der Waals surface area contributed by atoms with Gasteiger partial charge in [-0.1, -0.05) is 11.6 Å². The number of nitro benzene ring substituents is 1. The fraction of sp³-hybridized carbons (Fsp3) is 0.0833. The maximum absolute atomic E-state index is 13.6. The number of rotatable bonds is 4. The molecule has 0 unspecified atom stereocenters. The van der Waals surface area contributed by atoms with Gasteiger partial charge in [-0.3, -0.25) is 10.1 Å². The number of benzene rings is 1. The van der Waals surface area contributed by atoms with Crippen LogP contribution in [0.1, 0.15) is 5.56 Å². The second-order valence-electron chi connectivity index (χ2n) is 4.00. The predicted octanol–water partition coefficient (Wildman–Crippen LogP) is 4.30. The van der Waals surface area contributed by atoms with Crippen LogP contribution in [0.4, 0.5) is 20.2 Å². The minimum atomic E-state index is -1.22. The summed E-state index contributed by atoms with van der Waals surface area (Å²) >= 11 is 9.06. The number of nitrogens with one attached hydrogen (secondary N) is 1. The van der Waals surface area contributed by atoms with Crippen LogP contribution >= 0.6 is 27.5 Å². The van der Waals surface area contributed by atoms with E-state index < -0.39 is 22.2 Å². The molecule has 21 heavy (non-hydrogen) atoms. The Kier molecular flexibility index (Phi) is 4.69. The molecule has 1 aromatic heterocycles. The van der Waals surface area contributed by atoms with Crippen molar-refractivity contribution in [1.29, 1.82) is 0 Å². The molecule has 0 amide bonds. The smallest absolute Gasteiger partial charge is 0.305 e. The number of nitro groups is 1. The van der Waals surface area contributed by atoms with Crippen LogP contribution < -0.4 is 5.32 Å². The van der Waals surface area contributed by atoms with Crippen molar-refractivity contribution in [3.63, 3.8) is 0 Å². The highest BCUT2D eigenvalue weighted by molar-refractivity contribution is 9.10. The molecule has 1 aromatic carbocycles. The summed E-state index contributed by atoms with van der Waals surface area (Å²) in [5, 5.41) is 13.6. The summed E-state index contributed by atoms with van der Waals surface area (Å²) in [6.45, 7) is -0.106. The fourth-order valence-electron chi connectivity index (χ4n) is 1.59. The molecule has 0 saturated carbocycles. The Balaban J connectivity index is 2.25. The first-order valence-corrected chi connectivity index (χ1v) is 6.73. The first-order valence-electron chi connectivity index (χ1n) is 5.55. The molecule has 1 heterocycles. The number of anilines is 1. The van der Waals surface area contributed by atoms with Crippen molar-refractivity contribution in [1.82, 2.24) is 4.98 Å². The standard InChI is InChI=1S/C12H7BrClF2N3O2/c13-7-2-10(12(14)18-5-7)17-4-6-1-11(19(20)21)9(16)3-8(6)15/h1-3,5,17H,4H2. The minimum absolute atomic E-state index is 0.0563. The van der Waals surface area contributed by atoms with E-state index in [9.17, 15) is 18.9 Å². The minimum Gasteiger partial charge on any atom is -0.378 e. The summed E-state index contributed by atoms with van der Waals surface area (Å²) in [5.74, 6) is -2.10. The van der Waals surface area contributed by atoms with Gasteiger partial charge in [0.1, 0.15) is 5.82 Å². The molecule has 0 aliphatic rings. The third kappa shape index (κ3) is 3.64. The van der Waals surface area contributed by atoms with Crippen molar-refractivity contribution in [3.05, 3.63) is 61.3 Å². The highest BCUT2D eigenvalue weighted by Gasteiger charge is 2.18. The number of nitrogens with zero attached hydrogens (tertiary/aromatic N) is 2. The summed E-state index contributed by atoms with van der Waals surface area (Å²) in [4.78, 5) is 13.6.